The van der Waals surface area contributed by atoms with Crippen molar-refractivity contribution in [1.29, 1.82) is 0 Å². The van der Waals surface area contributed by atoms with Gasteiger partial charge in [-0.3, -0.25) is 4.79 Å². The summed E-state index contributed by atoms with van der Waals surface area (Å²) >= 11 is 0. The maximum absolute atomic E-state index is 13.1. The number of rotatable bonds is 4. The Kier molecular flexibility index (Phi) is 4.34. The summed E-state index contributed by atoms with van der Waals surface area (Å²) in [5, 5.41) is 2.64. The summed E-state index contributed by atoms with van der Waals surface area (Å²) in [6, 6.07) is 5.28. The molecule has 0 radical (unpaired) electrons. The van der Waals surface area contributed by atoms with Crippen LogP contribution in [0.15, 0.2) is 35.4 Å². The van der Waals surface area contributed by atoms with Crippen LogP contribution < -0.4 is 10.0 Å². The Hall–Kier alpha value is -2.19. The van der Waals surface area contributed by atoms with Crippen molar-refractivity contribution in [1.82, 2.24) is 9.29 Å². The van der Waals surface area contributed by atoms with Crippen LogP contribution in [-0.4, -0.2) is 25.9 Å². The van der Waals surface area contributed by atoms with E-state index in [0.717, 1.165) is 0 Å². The first-order valence-corrected chi connectivity index (χ1v) is 7.90. The first kappa shape index (κ1) is 16.2. The molecule has 0 saturated carbocycles. The standard InChI is InChI=1S/C14H16FN3O3S/c1-9-6-10(15)4-5-12(9)17-14(19)13-7-11(8-18(13)3)22(20,21)16-2/h4-8,16H,1-3H3,(H,17,19). The maximum Gasteiger partial charge on any atom is 0.272 e. The highest BCUT2D eigenvalue weighted by Gasteiger charge is 2.19. The highest BCUT2D eigenvalue weighted by molar-refractivity contribution is 7.89. The molecule has 6 nitrogen and oxygen atoms in total. The van der Waals surface area contributed by atoms with E-state index in [1.54, 1.807) is 14.0 Å². The van der Waals surface area contributed by atoms with E-state index >= 15 is 0 Å². The van der Waals surface area contributed by atoms with Crippen LogP contribution in [-0.2, 0) is 17.1 Å². The Morgan fingerprint density at radius 1 is 1.27 bits per heavy atom. The van der Waals surface area contributed by atoms with Gasteiger partial charge < -0.3 is 9.88 Å². The summed E-state index contributed by atoms with van der Waals surface area (Å²) in [6.45, 7) is 1.67. The van der Waals surface area contributed by atoms with E-state index in [9.17, 15) is 17.6 Å². The molecule has 1 heterocycles. The lowest BCUT2D eigenvalue weighted by Crippen LogP contribution is -2.18. The number of aromatic nitrogens is 1. The highest BCUT2D eigenvalue weighted by atomic mass is 32.2. The normalized spacial score (nSPS) is 11.5. The smallest absolute Gasteiger partial charge is 0.272 e. The molecule has 2 rings (SSSR count). The lowest BCUT2D eigenvalue weighted by Gasteiger charge is -2.08. The average Bonchev–Trinajstić information content (AvgIpc) is 2.85. The van der Waals surface area contributed by atoms with Crippen molar-refractivity contribution in [2.24, 2.45) is 7.05 Å². The van der Waals surface area contributed by atoms with Gasteiger partial charge in [-0.1, -0.05) is 0 Å². The van der Waals surface area contributed by atoms with Crippen LogP contribution in [0.3, 0.4) is 0 Å². The van der Waals surface area contributed by atoms with E-state index in [0.29, 0.717) is 11.3 Å². The van der Waals surface area contributed by atoms with E-state index in [2.05, 4.69) is 10.0 Å². The van der Waals surface area contributed by atoms with Crippen molar-refractivity contribution in [3.05, 3.63) is 47.5 Å². The van der Waals surface area contributed by atoms with Crippen LogP contribution >= 0.6 is 0 Å². The number of carbonyl (C=O) groups is 1. The van der Waals surface area contributed by atoms with E-state index in [4.69, 9.17) is 0 Å². The Morgan fingerprint density at radius 2 is 1.95 bits per heavy atom. The molecule has 8 heteroatoms. The summed E-state index contributed by atoms with van der Waals surface area (Å²) < 4.78 is 40.1. The number of carbonyl (C=O) groups excluding carboxylic acids is 1. The molecule has 0 saturated heterocycles. The number of sulfonamides is 1. The zero-order valence-electron chi connectivity index (χ0n) is 12.3. The predicted octanol–water partition coefficient (Wildman–Crippen LogP) is 1.63. The molecule has 22 heavy (non-hydrogen) atoms. The Bertz CT molecular complexity index is 828. The monoisotopic (exact) mass is 325 g/mol. The summed E-state index contributed by atoms with van der Waals surface area (Å²) in [5.41, 5.74) is 1.22. The molecule has 0 bridgehead atoms. The lowest BCUT2D eigenvalue weighted by atomic mass is 10.2. The largest absolute Gasteiger partial charge is 0.345 e. The van der Waals surface area contributed by atoms with Crippen molar-refractivity contribution < 1.29 is 17.6 Å². The second kappa shape index (κ2) is 5.90. The van der Waals surface area contributed by atoms with Crippen molar-refractivity contribution in [2.45, 2.75) is 11.8 Å². The molecule has 1 amide bonds. The lowest BCUT2D eigenvalue weighted by molar-refractivity contribution is 0.101. The van der Waals surface area contributed by atoms with Crippen LogP contribution in [0.2, 0.25) is 0 Å². The van der Waals surface area contributed by atoms with Crippen LogP contribution in [0.25, 0.3) is 0 Å². The molecule has 118 valence electrons. The van der Waals surface area contributed by atoms with E-state index in [1.807, 2.05) is 0 Å². The number of benzene rings is 1. The van der Waals surface area contributed by atoms with Gasteiger partial charge in [0.25, 0.3) is 5.91 Å². The Labute approximate surface area is 128 Å². The average molecular weight is 325 g/mol. The third kappa shape index (κ3) is 3.18. The number of anilines is 1. The third-order valence-corrected chi connectivity index (χ3v) is 4.61. The molecular weight excluding hydrogens is 309 g/mol. The zero-order valence-corrected chi connectivity index (χ0v) is 13.2. The second-order valence-electron chi connectivity index (χ2n) is 4.79. The zero-order chi connectivity index (χ0) is 16.5. The van der Waals surface area contributed by atoms with E-state index in [1.165, 1.54) is 42.1 Å². The molecular formula is C14H16FN3O3S. The summed E-state index contributed by atoms with van der Waals surface area (Å²) in [6.07, 6.45) is 1.35. The molecule has 2 N–H and O–H groups in total. The number of nitrogens with zero attached hydrogens (tertiary/aromatic N) is 1. The Balaban J connectivity index is 2.31. The first-order chi connectivity index (χ1) is 10.2. The minimum absolute atomic E-state index is 0.00141. The predicted molar refractivity (Wildman–Crippen MR) is 80.7 cm³/mol. The molecule has 0 spiro atoms. The molecule has 0 unspecified atom stereocenters. The summed E-state index contributed by atoms with van der Waals surface area (Å²) in [7, 11) is -0.754. The minimum Gasteiger partial charge on any atom is -0.345 e. The van der Waals surface area contributed by atoms with Crippen molar-refractivity contribution >= 4 is 21.6 Å². The second-order valence-corrected chi connectivity index (χ2v) is 6.68. The molecule has 0 fully saturated rings. The van der Waals surface area contributed by atoms with Gasteiger partial charge in [0.15, 0.2) is 0 Å². The molecule has 0 aliphatic carbocycles. The van der Waals surface area contributed by atoms with Gasteiger partial charge in [-0.05, 0) is 43.8 Å². The highest BCUT2D eigenvalue weighted by Crippen LogP contribution is 2.18. The maximum atomic E-state index is 13.1. The van der Waals surface area contributed by atoms with Crippen LogP contribution in [0.1, 0.15) is 16.1 Å². The number of halogens is 1. The van der Waals surface area contributed by atoms with Crippen molar-refractivity contribution in [2.75, 3.05) is 12.4 Å². The van der Waals surface area contributed by atoms with Gasteiger partial charge in [0, 0.05) is 18.9 Å². The fraction of sp³-hybridized carbons (Fsp3) is 0.214. The molecule has 0 aliphatic heterocycles. The van der Waals surface area contributed by atoms with Gasteiger partial charge >= 0.3 is 0 Å². The fourth-order valence-corrected chi connectivity index (χ4v) is 2.78. The summed E-state index contributed by atoms with van der Waals surface area (Å²) in [4.78, 5) is 12.3. The van der Waals surface area contributed by atoms with Gasteiger partial charge in [-0.2, -0.15) is 0 Å². The van der Waals surface area contributed by atoms with E-state index in [-0.39, 0.29) is 10.6 Å². The van der Waals surface area contributed by atoms with Crippen molar-refractivity contribution in [3.8, 4) is 0 Å². The van der Waals surface area contributed by atoms with Crippen LogP contribution in [0.5, 0.6) is 0 Å². The molecule has 0 aliphatic rings. The molecule has 2 aromatic rings. The quantitative estimate of drug-likeness (QED) is 0.896. The topological polar surface area (TPSA) is 80.2 Å². The molecule has 1 aromatic carbocycles. The number of nitrogens with one attached hydrogen (secondary N) is 2. The van der Waals surface area contributed by atoms with Gasteiger partial charge in [0.05, 0.1) is 0 Å². The third-order valence-electron chi connectivity index (χ3n) is 3.23. The number of aryl methyl sites for hydroxylation is 2. The van der Waals surface area contributed by atoms with E-state index < -0.39 is 21.7 Å². The SMILES string of the molecule is CNS(=O)(=O)c1cc(C(=O)Nc2ccc(F)cc2C)n(C)c1. The molecule has 0 atom stereocenters. The number of hydrogen-bond acceptors (Lipinski definition) is 3. The van der Waals surface area contributed by atoms with Gasteiger partial charge in [0.2, 0.25) is 10.0 Å². The number of hydrogen-bond donors (Lipinski definition) is 2. The van der Waals surface area contributed by atoms with Crippen molar-refractivity contribution in [3.63, 3.8) is 0 Å². The number of amides is 1. The van der Waals surface area contributed by atoms with Gasteiger partial charge in [-0.25, -0.2) is 17.5 Å². The fourth-order valence-electron chi connectivity index (χ4n) is 1.98. The van der Waals surface area contributed by atoms with Crippen LogP contribution in [0.4, 0.5) is 10.1 Å². The summed E-state index contributed by atoms with van der Waals surface area (Å²) in [5.74, 6) is -0.869. The van der Waals surface area contributed by atoms with Crippen LogP contribution in [0, 0.1) is 12.7 Å². The van der Waals surface area contributed by atoms with Gasteiger partial charge in [-0.15, -0.1) is 0 Å². The Morgan fingerprint density at radius 3 is 2.55 bits per heavy atom. The minimum atomic E-state index is -3.62. The first-order valence-electron chi connectivity index (χ1n) is 6.42. The van der Waals surface area contributed by atoms with Gasteiger partial charge in [0.1, 0.15) is 16.4 Å². The molecule has 1 aromatic heterocycles.